The second-order valence-electron chi connectivity index (χ2n) is 2.75. The van der Waals surface area contributed by atoms with Crippen LogP contribution in [0.25, 0.3) is 0 Å². The van der Waals surface area contributed by atoms with Crippen molar-refractivity contribution in [2.75, 3.05) is 0 Å². The summed E-state index contributed by atoms with van der Waals surface area (Å²) in [6, 6.07) is 0. The van der Waals surface area contributed by atoms with E-state index in [1.807, 2.05) is 0 Å². The maximum absolute atomic E-state index is 12.0. The van der Waals surface area contributed by atoms with Crippen LogP contribution in [0.1, 0.15) is 10.4 Å². The summed E-state index contributed by atoms with van der Waals surface area (Å²) >= 11 is 4.92. The lowest BCUT2D eigenvalue weighted by molar-refractivity contribution is -0.386. The van der Waals surface area contributed by atoms with Crippen molar-refractivity contribution in [3.63, 3.8) is 0 Å². The monoisotopic (exact) mass is 286 g/mol. The molecule has 1 N–H and O–H groups in total. The van der Waals surface area contributed by atoms with Crippen molar-refractivity contribution in [3.8, 4) is 11.6 Å². The molecule has 18 heavy (non-hydrogen) atoms. The Morgan fingerprint density at radius 2 is 2.11 bits per heavy atom. The van der Waals surface area contributed by atoms with Gasteiger partial charge in [0, 0.05) is 0 Å². The normalized spacial score (nSPS) is 11.1. The van der Waals surface area contributed by atoms with E-state index in [1.54, 1.807) is 0 Å². The number of nitrogens with zero attached hydrogens (tertiary/aromatic N) is 2. The summed E-state index contributed by atoms with van der Waals surface area (Å²) in [6.45, 7) is 0. The molecular weight excluding hydrogens is 285 g/mol. The maximum atomic E-state index is 12.0. The minimum atomic E-state index is -5.22. The average molecular weight is 287 g/mol. The SMILES string of the molecule is O=C(Cl)c1c(OC(F)(F)F)ncc(O)c1[N+](=O)[O-]. The first kappa shape index (κ1) is 14.0. The van der Waals surface area contributed by atoms with E-state index in [0.29, 0.717) is 6.20 Å². The third-order valence-corrected chi connectivity index (χ3v) is 1.78. The number of carbonyl (C=O) groups is 1. The van der Waals surface area contributed by atoms with Crippen LogP contribution in [0.15, 0.2) is 6.20 Å². The van der Waals surface area contributed by atoms with E-state index in [4.69, 9.17) is 16.7 Å². The second-order valence-corrected chi connectivity index (χ2v) is 3.09. The zero-order chi connectivity index (χ0) is 14.1. The lowest BCUT2D eigenvalue weighted by atomic mass is 10.2. The Hall–Kier alpha value is -2.10. The van der Waals surface area contributed by atoms with Crippen LogP contribution in [0, 0.1) is 10.1 Å². The van der Waals surface area contributed by atoms with Gasteiger partial charge in [0.05, 0.1) is 11.1 Å². The Kier molecular flexibility index (Phi) is 3.60. The number of ether oxygens (including phenoxy) is 1. The lowest BCUT2D eigenvalue weighted by Gasteiger charge is -2.10. The van der Waals surface area contributed by atoms with Gasteiger partial charge in [0.15, 0.2) is 5.56 Å². The number of hydrogen-bond donors (Lipinski definition) is 1. The zero-order valence-electron chi connectivity index (χ0n) is 8.06. The summed E-state index contributed by atoms with van der Waals surface area (Å²) in [5.41, 5.74) is -2.59. The van der Waals surface area contributed by atoms with Gasteiger partial charge in [0.25, 0.3) is 5.24 Å². The molecule has 0 atom stereocenters. The predicted molar refractivity (Wildman–Crippen MR) is 49.4 cm³/mol. The Bertz CT molecular complexity index is 519. The molecular formula is C7H2ClF3N2O5. The standard InChI is InChI=1S/C7H2ClF3N2O5/c8-5(15)3-4(13(16)17)2(14)1-12-6(3)18-7(9,10)11/h1,14H. The third kappa shape index (κ3) is 2.97. The number of aromatic nitrogens is 1. The van der Waals surface area contributed by atoms with Gasteiger partial charge in [-0.15, -0.1) is 13.2 Å². The van der Waals surface area contributed by atoms with Crippen LogP contribution in [0.4, 0.5) is 18.9 Å². The molecule has 0 aliphatic carbocycles. The van der Waals surface area contributed by atoms with Crippen molar-refractivity contribution in [1.29, 1.82) is 0 Å². The first-order valence-electron chi connectivity index (χ1n) is 3.95. The fourth-order valence-electron chi connectivity index (χ4n) is 1.02. The van der Waals surface area contributed by atoms with E-state index >= 15 is 0 Å². The molecule has 0 spiro atoms. The molecule has 0 saturated carbocycles. The molecule has 1 aromatic heterocycles. The molecule has 11 heteroatoms. The predicted octanol–water partition coefficient (Wildman–Crippen LogP) is 1.97. The van der Waals surface area contributed by atoms with Gasteiger partial charge >= 0.3 is 12.0 Å². The number of hydrogen-bond acceptors (Lipinski definition) is 6. The van der Waals surface area contributed by atoms with E-state index in [9.17, 15) is 28.1 Å². The smallest absolute Gasteiger partial charge is 0.501 e. The van der Waals surface area contributed by atoms with E-state index < -0.39 is 39.4 Å². The highest BCUT2D eigenvalue weighted by Gasteiger charge is 2.37. The van der Waals surface area contributed by atoms with Crippen LogP contribution in [0.2, 0.25) is 0 Å². The summed E-state index contributed by atoms with van der Waals surface area (Å²) in [4.78, 5) is 23.1. The topological polar surface area (TPSA) is 103 Å². The van der Waals surface area contributed by atoms with Gasteiger partial charge < -0.3 is 9.84 Å². The number of nitro groups is 1. The van der Waals surface area contributed by atoms with Crippen LogP contribution in [0.3, 0.4) is 0 Å². The Morgan fingerprint density at radius 3 is 2.50 bits per heavy atom. The highest BCUT2D eigenvalue weighted by atomic mass is 35.5. The minimum absolute atomic E-state index is 0.336. The molecule has 0 aliphatic rings. The zero-order valence-corrected chi connectivity index (χ0v) is 8.82. The molecule has 1 heterocycles. The van der Waals surface area contributed by atoms with Gasteiger partial charge in [-0.1, -0.05) is 0 Å². The van der Waals surface area contributed by atoms with E-state index in [2.05, 4.69) is 9.72 Å². The Morgan fingerprint density at radius 1 is 1.56 bits per heavy atom. The second kappa shape index (κ2) is 4.64. The van der Waals surface area contributed by atoms with E-state index in [0.717, 1.165) is 0 Å². The molecule has 7 nitrogen and oxygen atoms in total. The molecule has 0 amide bonds. The number of halogens is 4. The van der Waals surface area contributed by atoms with Gasteiger partial charge in [-0.2, -0.15) is 0 Å². The number of carbonyl (C=O) groups excluding carboxylic acids is 1. The van der Waals surface area contributed by atoms with Gasteiger partial charge in [-0.3, -0.25) is 14.9 Å². The largest absolute Gasteiger partial charge is 0.574 e. The molecule has 0 unspecified atom stereocenters. The number of pyridine rings is 1. The van der Waals surface area contributed by atoms with Crippen LogP contribution < -0.4 is 4.74 Å². The first-order valence-corrected chi connectivity index (χ1v) is 4.33. The van der Waals surface area contributed by atoms with Crippen LogP contribution >= 0.6 is 11.6 Å². The molecule has 0 fully saturated rings. The summed E-state index contributed by atoms with van der Waals surface area (Å²) in [5.74, 6) is -2.52. The Balaban J connectivity index is 3.49. The van der Waals surface area contributed by atoms with Crippen molar-refractivity contribution in [3.05, 3.63) is 21.9 Å². The summed E-state index contributed by atoms with van der Waals surface area (Å²) < 4.78 is 39.2. The summed E-state index contributed by atoms with van der Waals surface area (Å²) in [6.07, 6.45) is -4.89. The van der Waals surface area contributed by atoms with Crippen LogP contribution in [0.5, 0.6) is 11.6 Å². The minimum Gasteiger partial charge on any atom is -0.501 e. The third-order valence-electron chi connectivity index (χ3n) is 1.59. The van der Waals surface area contributed by atoms with E-state index in [1.165, 1.54) is 0 Å². The molecule has 98 valence electrons. The first-order chi connectivity index (χ1) is 8.13. The van der Waals surface area contributed by atoms with Crippen molar-refractivity contribution in [2.24, 2.45) is 0 Å². The molecule has 1 aromatic rings. The van der Waals surface area contributed by atoms with Crippen molar-refractivity contribution < 1.29 is 32.7 Å². The van der Waals surface area contributed by atoms with Crippen molar-refractivity contribution in [2.45, 2.75) is 6.36 Å². The molecule has 0 aromatic carbocycles. The lowest BCUT2D eigenvalue weighted by Crippen LogP contribution is -2.20. The van der Waals surface area contributed by atoms with Gasteiger partial charge in [-0.25, -0.2) is 4.98 Å². The fraction of sp³-hybridized carbons (Fsp3) is 0.143. The van der Waals surface area contributed by atoms with Crippen molar-refractivity contribution >= 4 is 22.5 Å². The van der Waals surface area contributed by atoms with Gasteiger partial charge in [0.1, 0.15) is 0 Å². The number of alkyl halides is 3. The molecule has 0 aliphatic heterocycles. The Labute approximate surface area is 101 Å². The van der Waals surface area contributed by atoms with Crippen molar-refractivity contribution in [1.82, 2.24) is 4.98 Å². The molecule has 0 saturated heterocycles. The highest BCUT2D eigenvalue weighted by Crippen LogP contribution is 2.37. The van der Waals surface area contributed by atoms with Crippen LogP contribution in [-0.4, -0.2) is 26.6 Å². The number of rotatable bonds is 3. The fourth-order valence-corrected chi connectivity index (χ4v) is 1.19. The van der Waals surface area contributed by atoms with Gasteiger partial charge in [-0.05, 0) is 11.6 Å². The number of aromatic hydroxyl groups is 1. The summed E-state index contributed by atoms with van der Waals surface area (Å²) in [5, 5.41) is 18.0. The van der Waals surface area contributed by atoms with Gasteiger partial charge in [0.2, 0.25) is 11.6 Å². The highest BCUT2D eigenvalue weighted by molar-refractivity contribution is 6.68. The molecule has 0 radical (unpaired) electrons. The maximum Gasteiger partial charge on any atom is 0.574 e. The molecule has 1 rings (SSSR count). The molecule has 0 bridgehead atoms. The van der Waals surface area contributed by atoms with E-state index in [-0.39, 0.29) is 0 Å². The summed E-state index contributed by atoms with van der Waals surface area (Å²) in [7, 11) is 0. The van der Waals surface area contributed by atoms with Crippen LogP contribution in [-0.2, 0) is 0 Å². The quantitative estimate of drug-likeness (QED) is 0.517. The average Bonchev–Trinajstić information content (AvgIpc) is 2.17.